The number of hydrogen-bond donors (Lipinski definition) is 1. The molecule has 3 nitrogen and oxygen atoms in total. The minimum Gasteiger partial charge on any atom is -0.342 e. The Morgan fingerprint density at radius 3 is 2.81 bits per heavy atom. The number of likely N-dealkylation sites (tertiary alicyclic amines) is 1. The van der Waals surface area contributed by atoms with Gasteiger partial charge in [0.25, 0.3) is 0 Å². The molecule has 0 spiro atoms. The lowest BCUT2D eigenvalue weighted by Crippen LogP contribution is -2.60. The average Bonchev–Trinajstić information content (AvgIpc) is 2.69. The van der Waals surface area contributed by atoms with Crippen molar-refractivity contribution >= 4 is 23.0 Å². The largest absolute Gasteiger partial charge is 0.342 e. The van der Waals surface area contributed by atoms with Crippen LogP contribution in [-0.4, -0.2) is 46.6 Å². The summed E-state index contributed by atoms with van der Waals surface area (Å²) < 4.78 is 0. The molecule has 0 amide bonds. The molecule has 5 rings (SSSR count). The monoisotopic (exact) mass is 381 g/mol. The average molecular weight is 382 g/mol. The number of piperidine rings is 3. The minimum absolute atomic E-state index is 0.517. The first-order valence-corrected chi connectivity index (χ1v) is 11.2. The zero-order valence-electron chi connectivity index (χ0n) is 16.4. The zero-order chi connectivity index (χ0) is 18.4. The molecule has 4 atom stereocenters. The molecular weight excluding hydrogens is 350 g/mol. The lowest BCUT2D eigenvalue weighted by Gasteiger charge is -2.55. The van der Waals surface area contributed by atoms with Gasteiger partial charge in [0.2, 0.25) is 0 Å². The van der Waals surface area contributed by atoms with Crippen molar-refractivity contribution in [3.8, 4) is 0 Å². The van der Waals surface area contributed by atoms with Crippen LogP contribution in [0.4, 0.5) is 5.69 Å². The number of hydrogen-bond acceptors (Lipinski definition) is 2. The van der Waals surface area contributed by atoms with E-state index >= 15 is 0 Å². The summed E-state index contributed by atoms with van der Waals surface area (Å²) in [6, 6.07) is 9.90. The summed E-state index contributed by atoms with van der Waals surface area (Å²) in [5.74, 6) is 1.52. The third kappa shape index (κ3) is 3.31. The highest BCUT2D eigenvalue weighted by Gasteiger charge is 2.46. The summed E-state index contributed by atoms with van der Waals surface area (Å²) in [4.78, 5) is 5.31. The van der Waals surface area contributed by atoms with Crippen LogP contribution in [0.5, 0.6) is 0 Å². The molecule has 27 heavy (non-hydrogen) atoms. The van der Waals surface area contributed by atoms with Crippen molar-refractivity contribution in [2.45, 2.75) is 57.5 Å². The van der Waals surface area contributed by atoms with Gasteiger partial charge in [-0.05, 0) is 81.8 Å². The molecule has 3 heterocycles. The molecule has 4 aliphatic rings. The fraction of sp³-hybridized carbons (Fsp3) is 0.609. The van der Waals surface area contributed by atoms with E-state index in [0.29, 0.717) is 6.04 Å². The second-order valence-electron chi connectivity index (χ2n) is 9.00. The van der Waals surface area contributed by atoms with Crippen LogP contribution >= 0.6 is 12.2 Å². The molecule has 3 saturated heterocycles. The van der Waals surface area contributed by atoms with Crippen LogP contribution in [0.1, 0.15) is 44.1 Å². The molecule has 3 aliphatic heterocycles. The molecule has 1 aromatic carbocycles. The maximum absolute atomic E-state index is 5.89. The molecule has 0 aromatic heterocycles. The Morgan fingerprint density at radius 1 is 1.11 bits per heavy atom. The second kappa shape index (κ2) is 7.21. The molecule has 4 heteroatoms. The molecule has 0 radical (unpaired) electrons. The lowest BCUT2D eigenvalue weighted by molar-refractivity contribution is 0.0132. The second-order valence-corrected chi connectivity index (χ2v) is 9.38. The Bertz CT molecular complexity index is 740. The zero-order valence-corrected chi connectivity index (χ0v) is 17.2. The Kier molecular flexibility index (Phi) is 4.73. The molecule has 3 fully saturated rings. The number of anilines is 1. The fourth-order valence-corrected chi connectivity index (χ4v) is 6.36. The Labute approximate surface area is 168 Å². The number of rotatable bonds is 1. The van der Waals surface area contributed by atoms with Gasteiger partial charge in [-0.25, -0.2) is 0 Å². The van der Waals surface area contributed by atoms with Gasteiger partial charge in [-0.3, -0.25) is 4.90 Å². The van der Waals surface area contributed by atoms with E-state index < -0.39 is 0 Å². The van der Waals surface area contributed by atoms with Crippen molar-refractivity contribution in [1.29, 1.82) is 0 Å². The van der Waals surface area contributed by atoms with E-state index in [1.165, 1.54) is 57.2 Å². The van der Waals surface area contributed by atoms with Gasteiger partial charge in [-0.1, -0.05) is 35.8 Å². The van der Waals surface area contributed by atoms with Crippen LogP contribution in [0.2, 0.25) is 0 Å². The molecule has 0 unspecified atom stereocenters. The first-order chi connectivity index (χ1) is 13.2. The fourth-order valence-electron chi connectivity index (χ4n) is 6.03. The van der Waals surface area contributed by atoms with Crippen molar-refractivity contribution in [2.75, 3.05) is 25.0 Å². The van der Waals surface area contributed by atoms with Crippen LogP contribution in [0.3, 0.4) is 0 Å². The van der Waals surface area contributed by atoms with E-state index in [1.54, 1.807) is 5.57 Å². The molecule has 1 aromatic rings. The lowest BCUT2D eigenvalue weighted by atomic mass is 9.68. The summed E-state index contributed by atoms with van der Waals surface area (Å²) in [5.41, 5.74) is 4.07. The summed E-state index contributed by atoms with van der Waals surface area (Å²) in [7, 11) is 0. The number of nitrogens with zero attached hydrogens (tertiary/aromatic N) is 2. The maximum Gasteiger partial charge on any atom is 0.173 e. The van der Waals surface area contributed by atoms with Crippen molar-refractivity contribution in [1.82, 2.24) is 9.80 Å². The molecule has 1 aliphatic carbocycles. The van der Waals surface area contributed by atoms with E-state index in [-0.39, 0.29) is 0 Å². The van der Waals surface area contributed by atoms with Crippen LogP contribution in [0, 0.1) is 18.8 Å². The molecular formula is C23H31N3S. The summed E-state index contributed by atoms with van der Waals surface area (Å²) in [6.45, 7) is 5.79. The van der Waals surface area contributed by atoms with E-state index in [2.05, 4.69) is 52.4 Å². The van der Waals surface area contributed by atoms with E-state index in [9.17, 15) is 0 Å². The summed E-state index contributed by atoms with van der Waals surface area (Å²) >= 11 is 5.89. The predicted molar refractivity (Wildman–Crippen MR) is 116 cm³/mol. The third-order valence-corrected chi connectivity index (χ3v) is 7.56. The van der Waals surface area contributed by atoms with Crippen LogP contribution < -0.4 is 5.32 Å². The normalized spacial score (nSPS) is 32.9. The van der Waals surface area contributed by atoms with Crippen LogP contribution in [0.15, 0.2) is 35.9 Å². The van der Waals surface area contributed by atoms with Gasteiger partial charge in [0.1, 0.15) is 0 Å². The minimum atomic E-state index is 0.517. The van der Waals surface area contributed by atoms with Crippen molar-refractivity contribution < 1.29 is 0 Å². The molecule has 0 saturated carbocycles. The van der Waals surface area contributed by atoms with Gasteiger partial charge >= 0.3 is 0 Å². The highest BCUT2D eigenvalue weighted by atomic mass is 32.1. The van der Waals surface area contributed by atoms with Gasteiger partial charge in [0.15, 0.2) is 5.11 Å². The first kappa shape index (κ1) is 17.7. The van der Waals surface area contributed by atoms with Crippen molar-refractivity contribution in [3.05, 3.63) is 41.5 Å². The van der Waals surface area contributed by atoms with Gasteiger partial charge in [0, 0.05) is 24.8 Å². The number of benzene rings is 1. The van der Waals surface area contributed by atoms with E-state index in [1.807, 2.05) is 0 Å². The number of fused-ring (bicyclic) bond motifs is 6. The topological polar surface area (TPSA) is 18.5 Å². The van der Waals surface area contributed by atoms with Crippen LogP contribution in [-0.2, 0) is 0 Å². The molecule has 2 bridgehead atoms. The highest BCUT2D eigenvalue weighted by molar-refractivity contribution is 7.80. The van der Waals surface area contributed by atoms with Crippen molar-refractivity contribution in [2.24, 2.45) is 11.8 Å². The number of aryl methyl sites for hydroxylation is 1. The van der Waals surface area contributed by atoms with E-state index in [0.717, 1.165) is 35.2 Å². The molecule has 144 valence electrons. The summed E-state index contributed by atoms with van der Waals surface area (Å²) in [6.07, 6.45) is 10.7. The summed E-state index contributed by atoms with van der Waals surface area (Å²) in [5, 5.41) is 4.43. The van der Waals surface area contributed by atoms with Gasteiger partial charge in [-0.15, -0.1) is 0 Å². The van der Waals surface area contributed by atoms with Crippen molar-refractivity contribution in [3.63, 3.8) is 0 Å². The highest BCUT2D eigenvalue weighted by Crippen LogP contribution is 2.45. The Hall–Kier alpha value is -1.39. The maximum atomic E-state index is 5.89. The van der Waals surface area contributed by atoms with Gasteiger partial charge in [0.05, 0.1) is 6.04 Å². The van der Waals surface area contributed by atoms with Gasteiger partial charge in [-0.2, -0.15) is 0 Å². The van der Waals surface area contributed by atoms with Gasteiger partial charge < -0.3 is 10.2 Å². The predicted octanol–water partition coefficient (Wildman–Crippen LogP) is 4.59. The SMILES string of the molecule is Cc1ccc(NC(=S)N2CCCC3=C[C@H]4C[C@H](CN5CCCC[C@H]45)[C@@H]32)cc1. The smallest absolute Gasteiger partial charge is 0.173 e. The third-order valence-electron chi connectivity index (χ3n) is 7.22. The Morgan fingerprint density at radius 2 is 1.96 bits per heavy atom. The first-order valence-electron chi connectivity index (χ1n) is 10.8. The Balaban J connectivity index is 1.38. The van der Waals surface area contributed by atoms with E-state index in [4.69, 9.17) is 12.2 Å². The number of thiocarbonyl (C=S) groups is 1. The van der Waals surface area contributed by atoms with Crippen LogP contribution in [0.25, 0.3) is 0 Å². The number of nitrogens with one attached hydrogen (secondary N) is 1. The standard InChI is InChI=1S/C23H31N3S/c1-16-7-9-20(10-8-16)24-23(27)26-12-4-5-17-13-18-14-19(22(17)26)15-25-11-3-2-6-21(18)25/h7-10,13,18-19,21-22H,2-6,11-12,14-15H2,1H3,(H,24,27)/t18-,19+,21+,22+/m0/s1. The quantitative estimate of drug-likeness (QED) is 0.566. The molecule has 1 N–H and O–H groups in total.